The normalized spacial score (nSPS) is 24.0. The van der Waals surface area contributed by atoms with E-state index in [9.17, 15) is 15.3 Å². The molecule has 5 nitrogen and oxygen atoms in total. The third-order valence-electron chi connectivity index (χ3n) is 6.95. The highest BCUT2D eigenvalue weighted by molar-refractivity contribution is 5.43. The lowest BCUT2D eigenvalue weighted by Gasteiger charge is -2.46. The van der Waals surface area contributed by atoms with Crippen LogP contribution in [0.15, 0.2) is 36.4 Å². The summed E-state index contributed by atoms with van der Waals surface area (Å²) in [5, 5.41) is 31.0. The summed E-state index contributed by atoms with van der Waals surface area (Å²) >= 11 is 0. The van der Waals surface area contributed by atoms with Gasteiger partial charge in [-0.3, -0.25) is 0 Å². The molecule has 2 aliphatic heterocycles. The molecule has 1 spiro atoms. The smallest absolute Gasteiger partial charge is 0.126 e. The molecule has 5 heteroatoms. The first-order valence-electron chi connectivity index (χ1n) is 10.7. The first-order chi connectivity index (χ1) is 14.0. The predicted molar refractivity (Wildman–Crippen MR) is 110 cm³/mol. The molecule has 2 aromatic carbocycles. The van der Waals surface area contributed by atoms with Crippen molar-refractivity contribution in [2.24, 2.45) is 0 Å². The number of likely N-dealkylation sites (tertiary alicyclic amines) is 1. The summed E-state index contributed by atoms with van der Waals surface area (Å²) in [6, 6.07) is 11.4. The fraction of sp³-hybridized carbons (Fsp3) is 0.500. The Morgan fingerprint density at radius 1 is 1.07 bits per heavy atom. The van der Waals surface area contributed by atoms with E-state index in [-0.39, 0.29) is 11.4 Å². The van der Waals surface area contributed by atoms with E-state index in [1.54, 1.807) is 18.2 Å². The van der Waals surface area contributed by atoms with Crippen molar-refractivity contribution in [2.75, 3.05) is 19.6 Å². The zero-order valence-corrected chi connectivity index (χ0v) is 16.7. The van der Waals surface area contributed by atoms with Gasteiger partial charge in [0.15, 0.2) is 0 Å². The third kappa shape index (κ3) is 3.63. The number of aromatic hydroxyl groups is 1. The molecule has 0 saturated carbocycles. The molecule has 0 unspecified atom stereocenters. The number of piperidine rings is 1. The second-order valence-electron chi connectivity index (χ2n) is 8.93. The molecule has 2 aromatic rings. The van der Waals surface area contributed by atoms with Crippen LogP contribution in [0, 0.1) is 0 Å². The van der Waals surface area contributed by atoms with E-state index in [4.69, 9.17) is 4.74 Å². The van der Waals surface area contributed by atoms with Gasteiger partial charge in [-0.2, -0.15) is 0 Å². The van der Waals surface area contributed by atoms with Crippen molar-refractivity contribution >= 4 is 0 Å². The number of β-amino-alcohol motifs (C(OH)–C–C–N with tert-alkyl or cyclic N) is 1. The van der Waals surface area contributed by atoms with Crippen LogP contribution in [0.3, 0.4) is 0 Å². The molecule has 2 heterocycles. The van der Waals surface area contributed by atoms with Crippen LogP contribution in [0.1, 0.15) is 60.1 Å². The van der Waals surface area contributed by atoms with Crippen molar-refractivity contribution in [2.45, 2.75) is 56.3 Å². The molecule has 0 radical (unpaired) electrons. The fourth-order valence-electron chi connectivity index (χ4n) is 5.22. The molecule has 1 saturated heterocycles. The van der Waals surface area contributed by atoms with Gasteiger partial charge in [0.25, 0.3) is 0 Å². The summed E-state index contributed by atoms with van der Waals surface area (Å²) in [6.45, 7) is 2.30. The molecule has 0 bridgehead atoms. The van der Waals surface area contributed by atoms with Gasteiger partial charge in [-0.1, -0.05) is 18.2 Å². The maximum atomic E-state index is 10.8. The summed E-state index contributed by atoms with van der Waals surface area (Å²) < 4.78 is 6.31. The quantitative estimate of drug-likeness (QED) is 0.744. The molecule has 0 amide bonds. The summed E-state index contributed by atoms with van der Waals surface area (Å²) in [7, 11) is 0. The number of nitrogens with zero attached hydrogens (tertiary/aromatic N) is 1. The van der Waals surface area contributed by atoms with E-state index in [2.05, 4.69) is 23.1 Å². The lowest BCUT2D eigenvalue weighted by Crippen LogP contribution is -2.51. The van der Waals surface area contributed by atoms with E-state index >= 15 is 0 Å². The first kappa shape index (κ1) is 18.9. The topological polar surface area (TPSA) is 73.2 Å². The summed E-state index contributed by atoms with van der Waals surface area (Å²) in [5.41, 5.74) is 4.16. The summed E-state index contributed by atoms with van der Waals surface area (Å²) in [6.07, 6.45) is 4.60. The Balaban J connectivity index is 1.22. The Morgan fingerprint density at radius 3 is 2.69 bits per heavy atom. The lowest BCUT2D eigenvalue weighted by molar-refractivity contribution is -0.0588. The van der Waals surface area contributed by atoms with Gasteiger partial charge in [-0.15, -0.1) is 0 Å². The Labute approximate surface area is 171 Å². The third-order valence-corrected chi connectivity index (χ3v) is 6.95. The van der Waals surface area contributed by atoms with E-state index < -0.39 is 12.2 Å². The second-order valence-corrected chi connectivity index (χ2v) is 8.93. The number of fused-ring (bicyclic) bond motifs is 2. The van der Waals surface area contributed by atoms with Gasteiger partial charge in [0.2, 0.25) is 0 Å². The number of aryl methyl sites for hydroxylation is 2. The van der Waals surface area contributed by atoms with Crippen molar-refractivity contribution in [3.8, 4) is 11.5 Å². The highest BCUT2D eigenvalue weighted by atomic mass is 16.5. The second kappa shape index (κ2) is 7.31. The van der Waals surface area contributed by atoms with Crippen LogP contribution >= 0.6 is 0 Å². The average Bonchev–Trinajstić information content (AvgIpc) is 3.18. The maximum absolute atomic E-state index is 10.8. The van der Waals surface area contributed by atoms with Crippen molar-refractivity contribution in [3.63, 3.8) is 0 Å². The Kier molecular flexibility index (Phi) is 4.77. The molecule has 3 N–H and O–H groups in total. The predicted octanol–water partition coefficient (Wildman–Crippen LogP) is 3.27. The molecule has 2 atom stereocenters. The minimum atomic E-state index is -0.616. The Hall–Kier alpha value is -2.08. The Morgan fingerprint density at radius 2 is 1.86 bits per heavy atom. The maximum Gasteiger partial charge on any atom is 0.126 e. The monoisotopic (exact) mass is 395 g/mol. The molecule has 154 valence electrons. The molecular formula is C24H29NO4. The number of ether oxygens (including phenoxy) is 1. The number of benzene rings is 2. The molecule has 0 aromatic heterocycles. The van der Waals surface area contributed by atoms with Crippen molar-refractivity contribution in [1.82, 2.24) is 4.90 Å². The van der Waals surface area contributed by atoms with E-state index in [0.717, 1.165) is 44.3 Å². The number of hydrogen-bond donors (Lipinski definition) is 3. The van der Waals surface area contributed by atoms with E-state index in [1.807, 2.05) is 0 Å². The average molecular weight is 395 g/mol. The molecule has 5 rings (SSSR count). The van der Waals surface area contributed by atoms with Gasteiger partial charge >= 0.3 is 0 Å². The van der Waals surface area contributed by atoms with Gasteiger partial charge in [-0.05, 0) is 67.0 Å². The fourth-order valence-corrected chi connectivity index (χ4v) is 5.22. The minimum Gasteiger partial charge on any atom is -0.508 e. The molecular weight excluding hydrogens is 366 g/mol. The molecule has 1 fully saturated rings. The van der Waals surface area contributed by atoms with Crippen LogP contribution in [0.25, 0.3) is 0 Å². The first-order valence-corrected chi connectivity index (χ1v) is 10.7. The van der Waals surface area contributed by atoms with Gasteiger partial charge in [-0.25, -0.2) is 0 Å². The Bertz CT molecular complexity index is 904. The van der Waals surface area contributed by atoms with Gasteiger partial charge in [0.05, 0.1) is 12.2 Å². The van der Waals surface area contributed by atoms with E-state index in [0.29, 0.717) is 24.3 Å². The van der Waals surface area contributed by atoms with E-state index in [1.165, 1.54) is 17.5 Å². The molecule has 1 aliphatic carbocycles. The van der Waals surface area contributed by atoms with Crippen LogP contribution in [0.4, 0.5) is 0 Å². The number of aliphatic hydroxyl groups is 2. The van der Waals surface area contributed by atoms with Crippen LogP contribution < -0.4 is 4.74 Å². The highest BCUT2D eigenvalue weighted by Crippen LogP contribution is 2.45. The molecule has 3 aliphatic rings. The van der Waals surface area contributed by atoms with Crippen molar-refractivity contribution in [3.05, 3.63) is 58.7 Å². The standard InChI is InChI=1S/C24H29NO4/c26-19-6-7-23-20(13-19)21(27)14-24(29-23)8-10-25(11-9-24)15-22(28)18-5-4-16-2-1-3-17(16)12-18/h4-7,12-13,21-22,26-28H,1-3,8-11,14-15H2/t21-,22-/m0/s1. The molecule has 29 heavy (non-hydrogen) atoms. The summed E-state index contributed by atoms with van der Waals surface area (Å²) in [5.74, 6) is 0.825. The van der Waals surface area contributed by atoms with Gasteiger partial charge < -0.3 is 25.0 Å². The largest absolute Gasteiger partial charge is 0.508 e. The van der Waals surface area contributed by atoms with Crippen molar-refractivity contribution in [1.29, 1.82) is 0 Å². The zero-order chi connectivity index (χ0) is 20.0. The number of phenolic OH excluding ortho intramolecular Hbond substituents is 1. The van der Waals surface area contributed by atoms with Crippen LogP contribution in [0.5, 0.6) is 11.5 Å². The number of hydrogen-bond acceptors (Lipinski definition) is 5. The number of phenols is 1. The minimum absolute atomic E-state index is 0.151. The number of aliphatic hydroxyl groups excluding tert-OH is 2. The lowest BCUT2D eigenvalue weighted by atomic mass is 9.81. The SMILES string of the molecule is Oc1ccc2c(c1)[C@@H](O)CC1(CCN(C[C@H](O)c3ccc4c(c3)CCC4)CC1)O2. The summed E-state index contributed by atoms with van der Waals surface area (Å²) in [4.78, 5) is 2.30. The van der Waals surface area contributed by atoms with Gasteiger partial charge in [0.1, 0.15) is 17.1 Å². The number of rotatable bonds is 3. The van der Waals surface area contributed by atoms with Crippen LogP contribution in [0.2, 0.25) is 0 Å². The van der Waals surface area contributed by atoms with Crippen LogP contribution in [-0.4, -0.2) is 45.5 Å². The zero-order valence-electron chi connectivity index (χ0n) is 16.7. The van der Waals surface area contributed by atoms with Crippen LogP contribution in [-0.2, 0) is 12.8 Å². The van der Waals surface area contributed by atoms with Gasteiger partial charge in [0, 0.05) is 31.6 Å². The highest BCUT2D eigenvalue weighted by Gasteiger charge is 2.43. The van der Waals surface area contributed by atoms with Crippen molar-refractivity contribution < 1.29 is 20.1 Å².